The number of ether oxygens (including phenoxy) is 1. The maximum Gasteiger partial charge on any atom is 0.373 e. The normalized spacial score (nSPS) is 11.5. The molecule has 0 bridgehead atoms. The SMILES string of the molecule is COC(=O)c1ccc(C[NH2+]C(C)(C)C)o1. The first-order valence-corrected chi connectivity index (χ1v) is 4.94. The van der Waals surface area contributed by atoms with Gasteiger partial charge in [-0.05, 0) is 32.9 Å². The molecule has 0 unspecified atom stereocenters. The van der Waals surface area contributed by atoms with Crippen LogP contribution in [0, 0.1) is 0 Å². The molecule has 15 heavy (non-hydrogen) atoms. The molecule has 0 aliphatic heterocycles. The van der Waals surface area contributed by atoms with Crippen molar-refractivity contribution in [2.45, 2.75) is 32.9 Å². The molecule has 2 N–H and O–H groups in total. The Bertz CT molecular complexity index is 336. The van der Waals surface area contributed by atoms with E-state index in [2.05, 4.69) is 30.8 Å². The first-order valence-electron chi connectivity index (χ1n) is 4.94. The van der Waals surface area contributed by atoms with Crippen LogP contribution >= 0.6 is 0 Å². The van der Waals surface area contributed by atoms with Crippen molar-refractivity contribution < 1.29 is 19.3 Å². The lowest BCUT2D eigenvalue weighted by Crippen LogP contribution is -2.92. The Morgan fingerprint density at radius 3 is 2.67 bits per heavy atom. The van der Waals surface area contributed by atoms with Crippen molar-refractivity contribution >= 4 is 5.97 Å². The number of furan rings is 1. The van der Waals surface area contributed by atoms with Crippen LogP contribution in [0.2, 0.25) is 0 Å². The number of carbonyl (C=O) groups excluding carboxylic acids is 1. The van der Waals surface area contributed by atoms with Crippen molar-refractivity contribution in [1.82, 2.24) is 0 Å². The van der Waals surface area contributed by atoms with E-state index in [-0.39, 0.29) is 11.3 Å². The van der Waals surface area contributed by atoms with E-state index in [1.165, 1.54) is 7.11 Å². The van der Waals surface area contributed by atoms with Gasteiger partial charge in [0.2, 0.25) is 5.76 Å². The molecule has 4 nitrogen and oxygen atoms in total. The summed E-state index contributed by atoms with van der Waals surface area (Å²) in [5, 5.41) is 2.15. The van der Waals surface area contributed by atoms with Crippen molar-refractivity contribution in [3.05, 3.63) is 23.7 Å². The summed E-state index contributed by atoms with van der Waals surface area (Å²) in [5.74, 6) is 0.608. The Kier molecular flexibility index (Phi) is 3.52. The third kappa shape index (κ3) is 3.75. The standard InChI is InChI=1S/C11H17NO3/c1-11(2,3)12-7-8-5-6-9(15-8)10(13)14-4/h5-6,12H,7H2,1-4H3/p+1. The molecule has 1 aromatic rings. The van der Waals surface area contributed by atoms with Gasteiger partial charge in [0.1, 0.15) is 6.54 Å². The summed E-state index contributed by atoms with van der Waals surface area (Å²) >= 11 is 0. The fourth-order valence-electron chi connectivity index (χ4n) is 1.10. The maximum absolute atomic E-state index is 11.1. The van der Waals surface area contributed by atoms with Gasteiger partial charge in [-0.1, -0.05) is 0 Å². The third-order valence-corrected chi connectivity index (χ3v) is 1.96. The highest BCUT2D eigenvalue weighted by Crippen LogP contribution is 2.07. The molecule has 0 spiro atoms. The molecule has 0 aliphatic carbocycles. The zero-order chi connectivity index (χ0) is 11.5. The minimum atomic E-state index is -0.433. The summed E-state index contributed by atoms with van der Waals surface area (Å²) in [5.41, 5.74) is 0.151. The number of hydrogen-bond donors (Lipinski definition) is 1. The second-order valence-corrected chi connectivity index (χ2v) is 4.53. The molecule has 0 fully saturated rings. The van der Waals surface area contributed by atoms with Gasteiger partial charge in [0.05, 0.1) is 12.6 Å². The highest BCUT2D eigenvalue weighted by Gasteiger charge is 2.16. The lowest BCUT2D eigenvalue weighted by molar-refractivity contribution is -0.733. The monoisotopic (exact) mass is 212 g/mol. The molecule has 1 rings (SSSR count). The van der Waals surface area contributed by atoms with Crippen LogP contribution in [0.15, 0.2) is 16.5 Å². The van der Waals surface area contributed by atoms with Gasteiger partial charge in [-0.25, -0.2) is 4.79 Å². The van der Waals surface area contributed by atoms with Crippen LogP contribution in [0.1, 0.15) is 37.1 Å². The van der Waals surface area contributed by atoms with Gasteiger partial charge >= 0.3 is 5.97 Å². The minimum Gasteiger partial charge on any atom is -0.463 e. The molecule has 0 aliphatic rings. The number of quaternary nitrogens is 1. The lowest BCUT2D eigenvalue weighted by atomic mass is 10.1. The number of nitrogens with two attached hydrogens (primary N) is 1. The fraction of sp³-hybridized carbons (Fsp3) is 0.545. The number of esters is 1. The van der Waals surface area contributed by atoms with E-state index in [1.54, 1.807) is 12.1 Å². The molecule has 0 saturated heterocycles. The summed E-state index contributed by atoms with van der Waals surface area (Å²) in [6, 6.07) is 3.44. The van der Waals surface area contributed by atoms with Crippen molar-refractivity contribution in [3.8, 4) is 0 Å². The zero-order valence-corrected chi connectivity index (χ0v) is 9.66. The third-order valence-electron chi connectivity index (χ3n) is 1.96. The van der Waals surface area contributed by atoms with E-state index in [4.69, 9.17) is 4.42 Å². The molecular formula is C11H18NO3+. The molecular weight excluding hydrogens is 194 g/mol. The van der Waals surface area contributed by atoms with E-state index in [1.807, 2.05) is 0 Å². The van der Waals surface area contributed by atoms with E-state index >= 15 is 0 Å². The second kappa shape index (κ2) is 4.49. The number of methoxy groups -OCH3 is 1. The highest BCUT2D eigenvalue weighted by molar-refractivity contribution is 5.86. The van der Waals surface area contributed by atoms with Gasteiger partial charge in [0.15, 0.2) is 5.76 Å². The second-order valence-electron chi connectivity index (χ2n) is 4.53. The van der Waals surface area contributed by atoms with Crippen molar-refractivity contribution in [2.24, 2.45) is 0 Å². The summed E-state index contributed by atoms with van der Waals surface area (Å²) in [4.78, 5) is 11.1. The lowest BCUT2D eigenvalue weighted by Gasteiger charge is -2.15. The van der Waals surface area contributed by atoms with Crippen LogP contribution in [0.5, 0.6) is 0 Å². The average molecular weight is 212 g/mol. The quantitative estimate of drug-likeness (QED) is 0.758. The van der Waals surface area contributed by atoms with E-state index in [0.717, 1.165) is 12.3 Å². The predicted molar refractivity (Wildman–Crippen MR) is 55.4 cm³/mol. The van der Waals surface area contributed by atoms with Crippen LogP contribution in [-0.2, 0) is 11.3 Å². The van der Waals surface area contributed by atoms with Gasteiger partial charge in [0, 0.05) is 0 Å². The van der Waals surface area contributed by atoms with Gasteiger partial charge in [-0.3, -0.25) is 0 Å². The first kappa shape index (κ1) is 11.8. The summed E-state index contributed by atoms with van der Waals surface area (Å²) in [7, 11) is 1.34. The molecule has 1 aromatic heterocycles. The Labute approximate surface area is 89.6 Å². The van der Waals surface area contributed by atoms with Crippen LogP contribution in [0.3, 0.4) is 0 Å². The minimum absolute atomic E-state index is 0.151. The molecule has 1 heterocycles. The summed E-state index contributed by atoms with van der Waals surface area (Å²) in [6.45, 7) is 7.09. The van der Waals surface area contributed by atoms with Gasteiger partial charge in [-0.15, -0.1) is 0 Å². The maximum atomic E-state index is 11.1. The zero-order valence-electron chi connectivity index (χ0n) is 9.66. The van der Waals surface area contributed by atoms with Crippen molar-refractivity contribution in [2.75, 3.05) is 7.11 Å². The average Bonchev–Trinajstić information content (AvgIpc) is 2.61. The van der Waals surface area contributed by atoms with E-state index in [9.17, 15) is 4.79 Å². The molecule has 84 valence electrons. The fourth-order valence-corrected chi connectivity index (χ4v) is 1.10. The van der Waals surface area contributed by atoms with Crippen molar-refractivity contribution in [3.63, 3.8) is 0 Å². The Balaban J connectivity index is 2.57. The van der Waals surface area contributed by atoms with Crippen LogP contribution in [-0.4, -0.2) is 18.6 Å². The molecule has 0 amide bonds. The Morgan fingerprint density at radius 2 is 2.13 bits per heavy atom. The smallest absolute Gasteiger partial charge is 0.373 e. The number of hydrogen-bond acceptors (Lipinski definition) is 3. The number of rotatable bonds is 3. The highest BCUT2D eigenvalue weighted by atomic mass is 16.5. The first-order chi connectivity index (χ1) is 6.92. The van der Waals surface area contributed by atoms with Crippen LogP contribution < -0.4 is 5.32 Å². The topological polar surface area (TPSA) is 56.0 Å². The molecule has 4 heteroatoms. The van der Waals surface area contributed by atoms with E-state index < -0.39 is 5.97 Å². The molecule has 0 atom stereocenters. The summed E-state index contributed by atoms with van der Waals surface area (Å²) in [6.07, 6.45) is 0. The largest absolute Gasteiger partial charge is 0.463 e. The molecule has 0 aromatic carbocycles. The molecule has 0 saturated carbocycles. The van der Waals surface area contributed by atoms with Crippen LogP contribution in [0.4, 0.5) is 0 Å². The van der Waals surface area contributed by atoms with Gasteiger partial charge in [-0.2, -0.15) is 0 Å². The number of carbonyl (C=O) groups is 1. The Hall–Kier alpha value is -1.29. The van der Waals surface area contributed by atoms with Crippen LogP contribution in [0.25, 0.3) is 0 Å². The predicted octanol–water partition coefficient (Wildman–Crippen LogP) is 0.928. The molecule has 0 radical (unpaired) electrons. The van der Waals surface area contributed by atoms with E-state index in [0.29, 0.717) is 0 Å². The van der Waals surface area contributed by atoms with Crippen molar-refractivity contribution in [1.29, 1.82) is 0 Å². The Morgan fingerprint density at radius 1 is 1.47 bits per heavy atom. The summed E-state index contributed by atoms with van der Waals surface area (Å²) < 4.78 is 9.88. The van der Waals surface area contributed by atoms with Gasteiger partial charge < -0.3 is 14.5 Å². The van der Waals surface area contributed by atoms with Gasteiger partial charge in [0.25, 0.3) is 0 Å².